The number of benzene rings is 3. The van der Waals surface area contributed by atoms with Crippen molar-refractivity contribution >= 4 is 34.8 Å². The van der Waals surface area contributed by atoms with Crippen molar-refractivity contribution in [3.63, 3.8) is 0 Å². The molecule has 0 aliphatic carbocycles. The van der Waals surface area contributed by atoms with E-state index in [0.29, 0.717) is 22.0 Å². The number of nitrogens with zero attached hydrogens (tertiary/aromatic N) is 2. The number of hydrogen-bond donors (Lipinski definition) is 0. The van der Waals surface area contributed by atoms with Crippen molar-refractivity contribution in [3.8, 4) is 0 Å². The van der Waals surface area contributed by atoms with E-state index < -0.39 is 0 Å². The Morgan fingerprint density at radius 3 is 2.26 bits per heavy atom. The molecule has 27 heavy (non-hydrogen) atoms. The van der Waals surface area contributed by atoms with Gasteiger partial charge in [0, 0.05) is 11.4 Å². The number of carbonyl (C=O) groups excluding carboxylic acids is 1. The molecule has 0 aromatic heterocycles. The molecule has 0 N–H and O–H groups in total. The first-order valence-electron chi connectivity index (χ1n) is 8.60. The topological polar surface area (TPSA) is 32.7 Å². The third-order valence-corrected chi connectivity index (χ3v) is 5.12. The fourth-order valence-electron chi connectivity index (χ4n) is 3.22. The normalized spacial score (nSPS) is 16.3. The Labute approximate surface area is 167 Å². The van der Waals surface area contributed by atoms with Crippen LogP contribution in [0.5, 0.6) is 0 Å². The molecule has 134 valence electrons. The Balaban J connectivity index is 1.75. The van der Waals surface area contributed by atoms with Gasteiger partial charge in [-0.25, -0.2) is 5.01 Å². The minimum Gasteiger partial charge on any atom is -0.267 e. The molecule has 0 saturated carbocycles. The van der Waals surface area contributed by atoms with Gasteiger partial charge < -0.3 is 0 Å². The van der Waals surface area contributed by atoms with Gasteiger partial charge in [0.1, 0.15) is 0 Å². The third-order valence-electron chi connectivity index (χ3n) is 4.57. The zero-order chi connectivity index (χ0) is 18.8. The average Bonchev–Trinajstić information content (AvgIpc) is 3.14. The van der Waals surface area contributed by atoms with Crippen molar-refractivity contribution in [1.29, 1.82) is 0 Å². The number of amides is 1. The van der Waals surface area contributed by atoms with Crippen LogP contribution in [0, 0.1) is 0 Å². The predicted octanol–water partition coefficient (Wildman–Crippen LogP) is 5.98. The lowest BCUT2D eigenvalue weighted by Gasteiger charge is -2.22. The molecular formula is C22H16Cl2N2O. The van der Waals surface area contributed by atoms with Crippen LogP contribution in [0.25, 0.3) is 0 Å². The van der Waals surface area contributed by atoms with Crippen LogP contribution in [0.2, 0.25) is 10.0 Å². The summed E-state index contributed by atoms with van der Waals surface area (Å²) in [7, 11) is 0. The van der Waals surface area contributed by atoms with Crippen LogP contribution in [-0.2, 0) is 0 Å². The first kappa shape index (κ1) is 17.8. The second-order valence-electron chi connectivity index (χ2n) is 6.32. The Kier molecular flexibility index (Phi) is 4.97. The van der Waals surface area contributed by atoms with Gasteiger partial charge in [-0.1, -0.05) is 83.9 Å². The van der Waals surface area contributed by atoms with E-state index in [1.807, 2.05) is 60.7 Å². The van der Waals surface area contributed by atoms with E-state index in [2.05, 4.69) is 5.10 Å². The smallest absolute Gasteiger partial charge is 0.267 e. The molecule has 3 aromatic rings. The maximum Gasteiger partial charge on any atom is 0.276 e. The summed E-state index contributed by atoms with van der Waals surface area (Å²) in [5.41, 5.74) is 3.31. The molecule has 0 saturated heterocycles. The van der Waals surface area contributed by atoms with Gasteiger partial charge in [0.15, 0.2) is 0 Å². The minimum absolute atomic E-state index is 0.180. The van der Waals surface area contributed by atoms with Gasteiger partial charge in [0.25, 0.3) is 5.91 Å². The first-order chi connectivity index (χ1) is 13.1. The number of rotatable bonds is 3. The number of carbonyl (C=O) groups is 1. The highest BCUT2D eigenvalue weighted by Gasteiger charge is 2.34. The molecule has 3 aromatic carbocycles. The summed E-state index contributed by atoms with van der Waals surface area (Å²) in [6.07, 6.45) is 0.644. The average molecular weight is 395 g/mol. The maximum atomic E-state index is 13.2. The van der Waals surface area contributed by atoms with Gasteiger partial charge in [-0.05, 0) is 29.3 Å². The SMILES string of the molecule is O=C(c1ccc(Cl)cc1Cl)N1N=C(c2ccccc2)C[C@@H]1c1ccccc1. The van der Waals surface area contributed by atoms with Crippen molar-refractivity contribution in [1.82, 2.24) is 5.01 Å². The van der Waals surface area contributed by atoms with Crippen LogP contribution in [-0.4, -0.2) is 16.6 Å². The van der Waals surface area contributed by atoms with Crippen LogP contribution in [0.3, 0.4) is 0 Å². The van der Waals surface area contributed by atoms with Gasteiger partial charge in [-0.3, -0.25) is 4.79 Å². The van der Waals surface area contributed by atoms with E-state index in [1.165, 1.54) is 5.01 Å². The van der Waals surface area contributed by atoms with Crippen LogP contribution >= 0.6 is 23.2 Å². The summed E-state index contributed by atoms with van der Waals surface area (Å²) >= 11 is 12.2. The lowest BCUT2D eigenvalue weighted by Crippen LogP contribution is -2.27. The molecule has 1 aliphatic heterocycles. The standard InChI is InChI=1S/C22H16Cl2N2O/c23-17-11-12-18(19(24)13-17)22(27)26-21(16-9-5-2-6-10-16)14-20(25-26)15-7-3-1-4-8-15/h1-13,21H,14H2/t21-/m1/s1. The van der Waals surface area contributed by atoms with E-state index in [1.54, 1.807) is 18.2 Å². The molecule has 1 aliphatic rings. The molecule has 5 heteroatoms. The maximum absolute atomic E-state index is 13.2. The highest BCUT2D eigenvalue weighted by Crippen LogP contribution is 2.35. The monoisotopic (exact) mass is 394 g/mol. The van der Waals surface area contributed by atoms with E-state index in [9.17, 15) is 4.79 Å². The van der Waals surface area contributed by atoms with Gasteiger partial charge in [-0.2, -0.15) is 5.10 Å². The summed E-state index contributed by atoms with van der Waals surface area (Å²) in [5, 5.41) is 7.01. The molecule has 1 amide bonds. The van der Waals surface area contributed by atoms with E-state index in [0.717, 1.165) is 16.8 Å². The minimum atomic E-state index is -0.239. The Morgan fingerprint density at radius 2 is 1.59 bits per heavy atom. The zero-order valence-corrected chi connectivity index (χ0v) is 15.9. The summed E-state index contributed by atoms with van der Waals surface area (Å²) < 4.78 is 0. The molecule has 1 atom stereocenters. The van der Waals surface area contributed by atoms with Crippen LogP contribution in [0.15, 0.2) is 84.0 Å². The summed E-state index contributed by atoms with van der Waals surface area (Å²) in [6.45, 7) is 0. The van der Waals surface area contributed by atoms with E-state index >= 15 is 0 Å². The molecule has 0 unspecified atom stereocenters. The molecule has 3 nitrogen and oxygen atoms in total. The van der Waals surface area contributed by atoms with Crippen molar-refractivity contribution < 1.29 is 4.79 Å². The zero-order valence-electron chi connectivity index (χ0n) is 14.3. The molecule has 0 spiro atoms. The summed E-state index contributed by atoms with van der Waals surface area (Å²) in [4.78, 5) is 13.2. The Bertz CT molecular complexity index is 1000. The summed E-state index contributed by atoms with van der Waals surface area (Å²) in [5.74, 6) is -0.239. The Hall–Kier alpha value is -2.62. The van der Waals surface area contributed by atoms with Crippen molar-refractivity contribution in [2.45, 2.75) is 12.5 Å². The number of hydrazone groups is 1. The van der Waals surface area contributed by atoms with E-state index in [4.69, 9.17) is 23.2 Å². The largest absolute Gasteiger partial charge is 0.276 e. The quantitative estimate of drug-likeness (QED) is 0.537. The molecule has 1 heterocycles. The molecule has 4 rings (SSSR count). The van der Waals surface area contributed by atoms with Gasteiger partial charge in [0.05, 0.1) is 22.3 Å². The van der Waals surface area contributed by atoms with Gasteiger partial charge in [-0.15, -0.1) is 0 Å². The Morgan fingerprint density at radius 1 is 0.926 bits per heavy atom. The number of hydrogen-bond acceptors (Lipinski definition) is 2. The lowest BCUT2D eigenvalue weighted by molar-refractivity contribution is 0.0711. The second-order valence-corrected chi connectivity index (χ2v) is 7.16. The molecule has 0 bridgehead atoms. The molecule has 0 fully saturated rings. The summed E-state index contributed by atoms with van der Waals surface area (Å²) in [6, 6.07) is 24.5. The fourth-order valence-corrected chi connectivity index (χ4v) is 3.71. The highest BCUT2D eigenvalue weighted by atomic mass is 35.5. The third kappa shape index (κ3) is 3.61. The lowest BCUT2D eigenvalue weighted by atomic mass is 9.98. The predicted molar refractivity (Wildman–Crippen MR) is 109 cm³/mol. The van der Waals surface area contributed by atoms with E-state index in [-0.39, 0.29) is 11.9 Å². The first-order valence-corrected chi connectivity index (χ1v) is 9.35. The van der Waals surface area contributed by atoms with Crippen molar-refractivity contribution in [2.24, 2.45) is 5.10 Å². The van der Waals surface area contributed by atoms with Crippen molar-refractivity contribution in [2.75, 3.05) is 0 Å². The van der Waals surface area contributed by atoms with Crippen molar-refractivity contribution in [3.05, 3.63) is 106 Å². The number of halogens is 2. The fraction of sp³-hybridized carbons (Fsp3) is 0.0909. The van der Waals surface area contributed by atoms with Gasteiger partial charge >= 0.3 is 0 Å². The highest BCUT2D eigenvalue weighted by molar-refractivity contribution is 6.36. The van der Waals surface area contributed by atoms with Crippen LogP contribution in [0.1, 0.15) is 33.9 Å². The van der Waals surface area contributed by atoms with Crippen LogP contribution < -0.4 is 0 Å². The second kappa shape index (κ2) is 7.55. The molecular weight excluding hydrogens is 379 g/mol. The van der Waals surface area contributed by atoms with Gasteiger partial charge in [0.2, 0.25) is 0 Å². The molecule has 0 radical (unpaired) electrons. The van der Waals surface area contributed by atoms with Crippen LogP contribution in [0.4, 0.5) is 0 Å².